The average molecular weight is 241 g/mol. The predicted octanol–water partition coefficient (Wildman–Crippen LogP) is 0.753. The highest BCUT2D eigenvalue weighted by Crippen LogP contribution is 2.34. The van der Waals surface area contributed by atoms with E-state index < -0.39 is 15.1 Å². The molecule has 2 unspecified atom stereocenters. The second kappa shape index (κ2) is 4.07. The lowest BCUT2D eigenvalue weighted by Gasteiger charge is -2.32. The zero-order valence-electron chi connectivity index (χ0n) is 9.30. The van der Waals surface area contributed by atoms with E-state index in [0.29, 0.717) is 0 Å². The van der Waals surface area contributed by atoms with Gasteiger partial charge in [-0.25, -0.2) is 8.42 Å². The second-order valence-corrected chi connectivity index (χ2v) is 6.25. The van der Waals surface area contributed by atoms with E-state index in [-0.39, 0.29) is 12.6 Å². The number of ether oxygens (including phenoxy) is 1. The number of hydrogen-bond acceptors (Lipinski definition) is 4. The number of benzene rings is 1. The summed E-state index contributed by atoms with van der Waals surface area (Å²) in [4.78, 5) is 0. The van der Waals surface area contributed by atoms with Gasteiger partial charge in [0.05, 0.1) is 6.04 Å². The van der Waals surface area contributed by atoms with E-state index in [4.69, 9.17) is 4.74 Å². The lowest BCUT2D eigenvalue weighted by Crippen LogP contribution is -2.42. The van der Waals surface area contributed by atoms with Gasteiger partial charge in [-0.3, -0.25) is 0 Å². The summed E-state index contributed by atoms with van der Waals surface area (Å²) in [5.41, 5.74) is 0.909. The monoisotopic (exact) mass is 241 g/mol. The Morgan fingerprint density at radius 3 is 2.69 bits per heavy atom. The van der Waals surface area contributed by atoms with Gasteiger partial charge in [0.1, 0.15) is 17.6 Å². The van der Waals surface area contributed by atoms with E-state index >= 15 is 0 Å². The van der Waals surface area contributed by atoms with Gasteiger partial charge in [-0.1, -0.05) is 18.2 Å². The molecule has 0 aromatic heterocycles. The van der Waals surface area contributed by atoms with Crippen LogP contribution in [0, 0.1) is 0 Å². The summed E-state index contributed by atoms with van der Waals surface area (Å²) in [6, 6.07) is 7.33. The van der Waals surface area contributed by atoms with E-state index in [1.807, 2.05) is 24.3 Å². The first-order chi connectivity index (χ1) is 7.54. The Labute approximate surface area is 95.5 Å². The maximum absolute atomic E-state index is 11.6. The topological polar surface area (TPSA) is 55.4 Å². The van der Waals surface area contributed by atoms with Gasteiger partial charge in [0, 0.05) is 11.8 Å². The summed E-state index contributed by atoms with van der Waals surface area (Å²) < 4.78 is 28.8. The molecule has 1 heterocycles. The van der Waals surface area contributed by atoms with Crippen molar-refractivity contribution in [3.63, 3.8) is 0 Å². The van der Waals surface area contributed by atoms with Crippen molar-refractivity contribution >= 4 is 9.84 Å². The molecule has 0 radical (unpaired) electrons. The highest BCUT2D eigenvalue weighted by molar-refractivity contribution is 7.91. The van der Waals surface area contributed by atoms with Crippen LogP contribution in [0.4, 0.5) is 0 Å². The van der Waals surface area contributed by atoms with Crippen LogP contribution in [0.25, 0.3) is 0 Å². The lowest BCUT2D eigenvalue weighted by molar-refractivity contribution is 0.259. The van der Waals surface area contributed by atoms with Gasteiger partial charge in [-0.15, -0.1) is 0 Å². The molecule has 0 spiro atoms. The molecule has 2 atom stereocenters. The van der Waals surface area contributed by atoms with Crippen LogP contribution >= 0.6 is 0 Å². The van der Waals surface area contributed by atoms with Gasteiger partial charge < -0.3 is 10.1 Å². The highest BCUT2D eigenvalue weighted by Gasteiger charge is 2.36. The van der Waals surface area contributed by atoms with Crippen molar-refractivity contribution < 1.29 is 13.2 Å². The summed E-state index contributed by atoms with van der Waals surface area (Å²) in [5.74, 6) is 0.766. The van der Waals surface area contributed by atoms with Crippen molar-refractivity contribution in [2.45, 2.75) is 11.3 Å². The van der Waals surface area contributed by atoms with Crippen molar-refractivity contribution in [3.05, 3.63) is 29.8 Å². The largest absolute Gasteiger partial charge is 0.492 e. The SMILES string of the molecule is CNC1c2ccccc2OCC1S(C)(=O)=O. The summed E-state index contributed by atoms with van der Waals surface area (Å²) >= 11 is 0. The minimum atomic E-state index is -3.12. The molecular formula is C11H15NO3S. The quantitative estimate of drug-likeness (QED) is 0.830. The molecule has 16 heavy (non-hydrogen) atoms. The number of sulfone groups is 1. The summed E-state index contributed by atoms with van der Waals surface area (Å²) in [5, 5.41) is 2.54. The van der Waals surface area contributed by atoms with Crippen molar-refractivity contribution in [2.75, 3.05) is 19.9 Å². The van der Waals surface area contributed by atoms with Crippen LogP contribution in [-0.2, 0) is 9.84 Å². The van der Waals surface area contributed by atoms with Crippen LogP contribution < -0.4 is 10.1 Å². The van der Waals surface area contributed by atoms with E-state index in [0.717, 1.165) is 11.3 Å². The maximum Gasteiger partial charge on any atom is 0.155 e. The molecule has 1 aromatic rings. The molecule has 1 aliphatic rings. The maximum atomic E-state index is 11.6. The Morgan fingerprint density at radius 1 is 1.38 bits per heavy atom. The van der Waals surface area contributed by atoms with Crippen LogP contribution in [0.1, 0.15) is 11.6 Å². The summed E-state index contributed by atoms with van der Waals surface area (Å²) in [6.07, 6.45) is 1.25. The van der Waals surface area contributed by atoms with Gasteiger partial charge in [0.2, 0.25) is 0 Å². The molecular weight excluding hydrogens is 226 g/mol. The second-order valence-electron chi connectivity index (χ2n) is 3.98. The van der Waals surface area contributed by atoms with E-state index in [1.54, 1.807) is 7.05 Å². The van der Waals surface area contributed by atoms with Crippen LogP contribution in [0.2, 0.25) is 0 Å². The standard InChI is InChI=1S/C11H15NO3S/c1-12-11-8-5-3-4-6-9(8)15-7-10(11)16(2,13)14/h3-6,10-12H,7H2,1-2H3. The molecule has 0 saturated carbocycles. The van der Waals surface area contributed by atoms with Crippen molar-refractivity contribution in [1.82, 2.24) is 5.32 Å². The molecule has 1 aliphatic heterocycles. The minimum Gasteiger partial charge on any atom is -0.492 e. The van der Waals surface area contributed by atoms with Gasteiger partial charge in [0.25, 0.3) is 0 Å². The van der Waals surface area contributed by atoms with Crippen molar-refractivity contribution in [1.29, 1.82) is 0 Å². The van der Waals surface area contributed by atoms with Crippen molar-refractivity contribution in [3.8, 4) is 5.75 Å². The molecule has 1 aromatic carbocycles. The molecule has 4 nitrogen and oxygen atoms in total. The Balaban J connectivity index is 2.45. The fraction of sp³-hybridized carbons (Fsp3) is 0.455. The Bertz CT molecular complexity index is 484. The third-order valence-electron chi connectivity index (χ3n) is 2.89. The summed E-state index contributed by atoms with van der Waals surface area (Å²) in [7, 11) is -1.35. The average Bonchev–Trinajstić information content (AvgIpc) is 2.26. The number of rotatable bonds is 2. The Morgan fingerprint density at radius 2 is 2.06 bits per heavy atom. The first-order valence-electron chi connectivity index (χ1n) is 5.12. The molecule has 0 fully saturated rings. The van der Waals surface area contributed by atoms with Crippen LogP contribution in [0.5, 0.6) is 5.75 Å². The van der Waals surface area contributed by atoms with E-state index in [1.165, 1.54) is 6.26 Å². The zero-order chi connectivity index (χ0) is 11.8. The molecule has 1 N–H and O–H groups in total. The smallest absolute Gasteiger partial charge is 0.155 e. The van der Waals surface area contributed by atoms with Gasteiger partial charge in [-0.05, 0) is 13.1 Å². The fourth-order valence-electron chi connectivity index (χ4n) is 2.05. The molecule has 88 valence electrons. The minimum absolute atomic E-state index is 0.194. The Kier molecular flexibility index (Phi) is 2.90. The van der Waals surface area contributed by atoms with E-state index in [9.17, 15) is 8.42 Å². The molecule has 0 bridgehead atoms. The molecule has 0 aliphatic carbocycles. The van der Waals surface area contributed by atoms with E-state index in [2.05, 4.69) is 5.32 Å². The third kappa shape index (κ3) is 1.92. The normalized spacial score (nSPS) is 24.6. The number of hydrogen-bond donors (Lipinski definition) is 1. The number of nitrogens with one attached hydrogen (secondary N) is 1. The number of fused-ring (bicyclic) bond motifs is 1. The first-order valence-corrected chi connectivity index (χ1v) is 7.07. The summed E-state index contributed by atoms with van der Waals surface area (Å²) in [6.45, 7) is 0.210. The number of para-hydroxylation sites is 1. The molecule has 5 heteroatoms. The third-order valence-corrected chi connectivity index (χ3v) is 4.40. The molecule has 0 amide bonds. The first kappa shape index (κ1) is 11.4. The predicted molar refractivity (Wildman–Crippen MR) is 62.4 cm³/mol. The zero-order valence-corrected chi connectivity index (χ0v) is 10.1. The van der Waals surface area contributed by atoms with Crippen LogP contribution in [-0.4, -0.2) is 33.6 Å². The van der Waals surface area contributed by atoms with Crippen molar-refractivity contribution in [2.24, 2.45) is 0 Å². The molecule has 2 rings (SSSR count). The van der Waals surface area contributed by atoms with Crippen LogP contribution in [0.3, 0.4) is 0 Å². The Hall–Kier alpha value is -1.07. The van der Waals surface area contributed by atoms with Gasteiger partial charge >= 0.3 is 0 Å². The van der Waals surface area contributed by atoms with Gasteiger partial charge in [-0.2, -0.15) is 0 Å². The lowest BCUT2D eigenvalue weighted by atomic mass is 10.0. The molecule has 0 saturated heterocycles. The van der Waals surface area contributed by atoms with Gasteiger partial charge in [0.15, 0.2) is 9.84 Å². The highest BCUT2D eigenvalue weighted by atomic mass is 32.2. The fourth-order valence-corrected chi connectivity index (χ4v) is 3.14. The van der Waals surface area contributed by atoms with Crippen LogP contribution in [0.15, 0.2) is 24.3 Å².